The molecule has 0 saturated heterocycles. The first-order valence-electron chi connectivity index (χ1n) is 5.81. The van der Waals surface area contributed by atoms with Gasteiger partial charge in [-0.3, -0.25) is 0 Å². The van der Waals surface area contributed by atoms with Crippen LogP contribution in [0.15, 0.2) is 18.2 Å². The number of benzene rings is 1. The molecule has 0 amide bonds. The van der Waals surface area contributed by atoms with E-state index in [2.05, 4.69) is 18.7 Å². The molecule has 1 aromatic carbocycles. The van der Waals surface area contributed by atoms with Crippen molar-refractivity contribution >= 4 is 17.3 Å². The lowest BCUT2D eigenvalue weighted by atomic mass is 10.2. The normalized spacial score (nSPS) is 10.5. The second-order valence-electron chi connectivity index (χ2n) is 3.88. The minimum Gasteiger partial charge on any atom is -0.372 e. The topological polar surface area (TPSA) is 3.24 Å². The van der Waals surface area contributed by atoms with Crippen LogP contribution in [0.4, 0.5) is 10.1 Å². The zero-order valence-electron chi connectivity index (χ0n) is 9.97. The zero-order valence-corrected chi connectivity index (χ0v) is 10.7. The Balaban J connectivity index is 2.86. The minimum absolute atomic E-state index is 0.205. The highest BCUT2D eigenvalue weighted by atomic mass is 35.5. The van der Waals surface area contributed by atoms with Crippen LogP contribution in [0.2, 0.25) is 0 Å². The molecule has 0 atom stereocenters. The Morgan fingerprint density at radius 2 is 2.00 bits per heavy atom. The number of halogens is 2. The summed E-state index contributed by atoms with van der Waals surface area (Å²) >= 11 is 5.74. The third kappa shape index (κ3) is 3.67. The Labute approximate surface area is 102 Å². The highest BCUT2D eigenvalue weighted by Crippen LogP contribution is 2.20. The van der Waals surface area contributed by atoms with Crippen molar-refractivity contribution in [3.63, 3.8) is 0 Å². The van der Waals surface area contributed by atoms with Gasteiger partial charge in [-0.25, -0.2) is 4.39 Å². The predicted molar refractivity (Wildman–Crippen MR) is 68.8 cm³/mol. The van der Waals surface area contributed by atoms with Gasteiger partial charge in [0.05, 0.1) is 0 Å². The lowest BCUT2D eigenvalue weighted by Crippen LogP contribution is -2.24. The van der Waals surface area contributed by atoms with Crippen molar-refractivity contribution in [2.75, 3.05) is 18.0 Å². The van der Waals surface area contributed by atoms with Gasteiger partial charge < -0.3 is 4.90 Å². The van der Waals surface area contributed by atoms with Crippen LogP contribution in [0.25, 0.3) is 0 Å². The fourth-order valence-corrected chi connectivity index (χ4v) is 1.87. The number of unbranched alkanes of at least 4 members (excludes halogenated alkanes) is 1. The van der Waals surface area contributed by atoms with E-state index < -0.39 is 0 Å². The molecule has 1 rings (SSSR count). The molecule has 0 bridgehead atoms. The molecule has 0 saturated carbocycles. The van der Waals surface area contributed by atoms with Crippen LogP contribution in [0, 0.1) is 5.82 Å². The largest absolute Gasteiger partial charge is 0.372 e. The lowest BCUT2D eigenvalue weighted by molar-refractivity contribution is 0.624. The minimum atomic E-state index is -0.205. The number of nitrogens with zero attached hydrogens (tertiary/aromatic N) is 1. The molecular weight excluding hydrogens is 225 g/mol. The summed E-state index contributed by atoms with van der Waals surface area (Å²) in [6.45, 7) is 6.11. The molecule has 90 valence electrons. The van der Waals surface area contributed by atoms with Gasteiger partial charge in [0.2, 0.25) is 0 Å². The van der Waals surface area contributed by atoms with Gasteiger partial charge in [0.15, 0.2) is 0 Å². The van der Waals surface area contributed by atoms with E-state index in [1.807, 2.05) is 6.07 Å². The van der Waals surface area contributed by atoms with Gasteiger partial charge in [0, 0.05) is 24.7 Å². The van der Waals surface area contributed by atoms with Crippen LogP contribution < -0.4 is 4.90 Å². The van der Waals surface area contributed by atoms with Crippen molar-refractivity contribution < 1.29 is 4.39 Å². The first kappa shape index (κ1) is 13.3. The van der Waals surface area contributed by atoms with E-state index in [9.17, 15) is 4.39 Å². The Bertz CT molecular complexity index is 328. The van der Waals surface area contributed by atoms with Crippen LogP contribution in [0.5, 0.6) is 0 Å². The van der Waals surface area contributed by atoms with Gasteiger partial charge in [-0.05, 0) is 37.1 Å². The summed E-state index contributed by atoms with van der Waals surface area (Å²) < 4.78 is 13.3. The van der Waals surface area contributed by atoms with E-state index in [1.54, 1.807) is 6.07 Å². The standard InChI is InChI=1S/C13H19ClFN/c1-3-5-6-16(4-2)13-8-11(10-14)7-12(15)9-13/h7-9H,3-6,10H2,1-2H3. The molecule has 0 heterocycles. The van der Waals surface area contributed by atoms with Gasteiger partial charge in [-0.15, -0.1) is 11.6 Å². The molecule has 0 aliphatic heterocycles. The second kappa shape index (κ2) is 6.74. The summed E-state index contributed by atoms with van der Waals surface area (Å²) in [6, 6.07) is 5.04. The molecule has 0 spiro atoms. The van der Waals surface area contributed by atoms with Crippen molar-refractivity contribution in [1.29, 1.82) is 0 Å². The van der Waals surface area contributed by atoms with Crippen molar-refractivity contribution in [3.05, 3.63) is 29.6 Å². The molecule has 1 nitrogen and oxygen atoms in total. The van der Waals surface area contributed by atoms with E-state index in [-0.39, 0.29) is 5.82 Å². The van der Waals surface area contributed by atoms with Gasteiger partial charge in [0.25, 0.3) is 0 Å². The third-order valence-electron chi connectivity index (χ3n) is 2.63. The van der Waals surface area contributed by atoms with E-state index in [0.29, 0.717) is 5.88 Å². The van der Waals surface area contributed by atoms with Crippen LogP contribution in [-0.4, -0.2) is 13.1 Å². The highest BCUT2D eigenvalue weighted by Gasteiger charge is 2.06. The van der Waals surface area contributed by atoms with Crippen molar-refractivity contribution in [2.24, 2.45) is 0 Å². The average Bonchev–Trinajstić information content (AvgIpc) is 2.29. The number of hydrogen-bond acceptors (Lipinski definition) is 1. The molecule has 16 heavy (non-hydrogen) atoms. The average molecular weight is 244 g/mol. The molecule has 0 unspecified atom stereocenters. The Kier molecular flexibility index (Phi) is 5.61. The molecule has 0 aliphatic rings. The summed E-state index contributed by atoms with van der Waals surface area (Å²) in [4.78, 5) is 2.18. The fraction of sp³-hybridized carbons (Fsp3) is 0.538. The first-order valence-corrected chi connectivity index (χ1v) is 6.35. The number of rotatable bonds is 6. The van der Waals surface area contributed by atoms with Gasteiger partial charge >= 0.3 is 0 Å². The van der Waals surface area contributed by atoms with Crippen molar-refractivity contribution in [1.82, 2.24) is 0 Å². The van der Waals surface area contributed by atoms with E-state index >= 15 is 0 Å². The zero-order chi connectivity index (χ0) is 12.0. The summed E-state index contributed by atoms with van der Waals surface area (Å²) in [5.74, 6) is 0.152. The van der Waals surface area contributed by atoms with Gasteiger partial charge in [-0.1, -0.05) is 13.3 Å². The van der Waals surface area contributed by atoms with E-state index in [0.717, 1.165) is 37.2 Å². The number of alkyl halides is 1. The second-order valence-corrected chi connectivity index (χ2v) is 4.15. The van der Waals surface area contributed by atoms with Crippen LogP contribution in [-0.2, 0) is 5.88 Å². The maximum absolute atomic E-state index is 13.3. The van der Waals surface area contributed by atoms with Crippen molar-refractivity contribution in [2.45, 2.75) is 32.6 Å². The molecule has 0 aromatic heterocycles. The Morgan fingerprint density at radius 3 is 2.56 bits per heavy atom. The maximum Gasteiger partial charge on any atom is 0.125 e. The van der Waals surface area contributed by atoms with Crippen LogP contribution in [0.3, 0.4) is 0 Å². The Hall–Kier alpha value is -0.760. The summed E-state index contributed by atoms with van der Waals surface area (Å²) in [5, 5.41) is 0. The molecule has 0 fully saturated rings. The molecular formula is C13H19ClFN. The monoisotopic (exact) mass is 243 g/mol. The number of anilines is 1. The van der Waals surface area contributed by atoms with Crippen LogP contribution in [0.1, 0.15) is 32.3 Å². The van der Waals surface area contributed by atoms with Crippen LogP contribution >= 0.6 is 11.6 Å². The van der Waals surface area contributed by atoms with Crippen molar-refractivity contribution in [3.8, 4) is 0 Å². The SMILES string of the molecule is CCCCN(CC)c1cc(F)cc(CCl)c1. The predicted octanol–water partition coefficient (Wildman–Crippen LogP) is 4.19. The smallest absolute Gasteiger partial charge is 0.125 e. The van der Waals surface area contributed by atoms with E-state index in [4.69, 9.17) is 11.6 Å². The first-order chi connectivity index (χ1) is 7.71. The molecule has 0 aliphatic carbocycles. The summed E-state index contributed by atoms with van der Waals surface area (Å²) in [6.07, 6.45) is 2.27. The van der Waals surface area contributed by atoms with E-state index in [1.165, 1.54) is 6.07 Å². The van der Waals surface area contributed by atoms with Gasteiger partial charge in [-0.2, -0.15) is 0 Å². The molecule has 0 N–H and O–H groups in total. The summed E-state index contributed by atoms with van der Waals surface area (Å²) in [5.41, 5.74) is 1.78. The van der Waals surface area contributed by atoms with Gasteiger partial charge in [0.1, 0.15) is 5.82 Å². The summed E-state index contributed by atoms with van der Waals surface area (Å²) in [7, 11) is 0. The fourth-order valence-electron chi connectivity index (χ4n) is 1.71. The maximum atomic E-state index is 13.3. The molecule has 1 aromatic rings. The number of hydrogen-bond donors (Lipinski definition) is 0. The quantitative estimate of drug-likeness (QED) is 0.677. The Morgan fingerprint density at radius 1 is 1.25 bits per heavy atom. The molecule has 3 heteroatoms. The third-order valence-corrected chi connectivity index (χ3v) is 2.93. The molecule has 0 radical (unpaired) electrons. The lowest BCUT2D eigenvalue weighted by Gasteiger charge is -2.23. The highest BCUT2D eigenvalue weighted by molar-refractivity contribution is 6.17.